The third-order valence-corrected chi connectivity index (χ3v) is 6.12. The number of rotatable bonds is 12. The lowest BCUT2D eigenvalue weighted by Crippen LogP contribution is -2.66. The van der Waals surface area contributed by atoms with Crippen molar-refractivity contribution >= 4 is 40.7 Å². The third-order valence-electron chi connectivity index (χ3n) is 5.60. The second-order valence-electron chi connectivity index (χ2n) is 8.24. The van der Waals surface area contributed by atoms with E-state index < -0.39 is 46.7 Å². The number of nitrogens with one attached hydrogen (secondary N) is 2. The number of aliphatic hydroxyl groups is 1. The summed E-state index contributed by atoms with van der Waals surface area (Å²) in [6.07, 6.45) is -5.11. The van der Waals surface area contributed by atoms with E-state index in [1.165, 1.54) is 14.2 Å². The Labute approximate surface area is 231 Å². The number of aliphatic hydroxyl groups excluding tert-OH is 1. The Kier molecular flexibility index (Phi) is 11.9. The number of hydrogen-bond acceptors (Lipinski definition) is 9. The predicted octanol–water partition coefficient (Wildman–Crippen LogP) is 3.77. The van der Waals surface area contributed by atoms with Gasteiger partial charge in [0.1, 0.15) is 24.4 Å². The fourth-order valence-electron chi connectivity index (χ4n) is 3.74. The van der Waals surface area contributed by atoms with Crippen molar-refractivity contribution in [3.05, 3.63) is 71.8 Å². The maximum atomic E-state index is 11.3. The number of hydrogen-bond donors (Lipinski definition) is 3. The van der Waals surface area contributed by atoms with E-state index in [-0.39, 0.29) is 13.2 Å². The van der Waals surface area contributed by atoms with Gasteiger partial charge in [0.25, 0.3) is 3.79 Å². The Hall–Kier alpha value is -1.50. The van der Waals surface area contributed by atoms with Gasteiger partial charge in [-0.25, -0.2) is 0 Å². The highest BCUT2D eigenvalue weighted by Crippen LogP contribution is 2.32. The van der Waals surface area contributed by atoms with Crippen molar-refractivity contribution < 1.29 is 33.5 Å². The summed E-state index contributed by atoms with van der Waals surface area (Å²) in [5.41, 5.74) is 1.84. The lowest BCUT2D eigenvalue weighted by molar-refractivity contribution is -0.274. The zero-order valence-electron chi connectivity index (χ0n) is 20.4. The number of methoxy groups -OCH3 is 2. The molecule has 3 rings (SSSR count). The molecule has 9 nitrogen and oxygen atoms in total. The van der Waals surface area contributed by atoms with Crippen LogP contribution in [0.1, 0.15) is 11.1 Å². The lowest BCUT2D eigenvalue weighted by atomic mass is 9.96. The van der Waals surface area contributed by atoms with Gasteiger partial charge in [-0.15, -0.1) is 0 Å². The largest absolute Gasteiger partial charge is 0.446 e. The van der Waals surface area contributed by atoms with E-state index >= 15 is 0 Å². The molecule has 204 valence electrons. The van der Waals surface area contributed by atoms with Gasteiger partial charge < -0.3 is 33.5 Å². The van der Waals surface area contributed by atoms with Crippen LogP contribution in [-0.2, 0) is 41.6 Å². The van der Waals surface area contributed by atoms with E-state index in [0.29, 0.717) is 6.61 Å². The molecule has 0 radical (unpaired) electrons. The highest BCUT2D eigenvalue weighted by molar-refractivity contribution is 6.76. The SMILES string of the molecule is COC(N[C@H]1[C@H](OC(=N)C(Cl)(Cl)Cl)O[C@H](COCc2ccccc2)[C@@H](O)[C@@H]1OCc1ccccc1)OC. The number of halogens is 3. The van der Waals surface area contributed by atoms with Crippen LogP contribution in [-0.4, -0.2) is 72.7 Å². The number of alkyl halides is 3. The zero-order valence-corrected chi connectivity index (χ0v) is 22.7. The Morgan fingerprint density at radius 2 is 1.57 bits per heavy atom. The summed E-state index contributed by atoms with van der Waals surface area (Å²) in [5, 5.41) is 22.4. The molecule has 1 aliphatic rings. The Balaban J connectivity index is 1.83. The van der Waals surface area contributed by atoms with Crippen LogP contribution in [0.15, 0.2) is 60.7 Å². The molecule has 2 aromatic carbocycles. The smallest absolute Gasteiger partial charge is 0.265 e. The molecule has 1 saturated heterocycles. The van der Waals surface area contributed by atoms with Gasteiger partial charge in [-0.3, -0.25) is 10.7 Å². The molecule has 1 aliphatic heterocycles. The standard InChI is InChI=1S/C25H31Cl3N2O7/c1-32-24(33-2)30-19-21(35-14-17-11-7-4-8-12-17)20(31)18(15-34-13-16-9-5-3-6-10-16)36-22(19)37-23(29)25(26,27)28/h3-12,18-22,24,29-31H,13-15H2,1-2H3/t18-,19-,20-,21-,22+/m1/s1. The number of ether oxygens (including phenoxy) is 6. The third kappa shape index (κ3) is 9.04. The van der Waals surface area contributed by atoms with Crippen LogP contribution in [0, 0.1) is 5.41 Å². The maximum Gasteiger partial charge on any atom is 0.265 e. The van der Waals surface area contributed by atoms with Gasteiger partial charge in [-0.1, -0.05) is 95.5 Å². The van der Waals surface area contributed by atoms with Crippen molar-refractivity contribution in [1.82, 2.24) is 5.32 Å². The van der Waals surface area contributed by atoms with Gasteiger partial charge >= 0.3 is 0 Å². The predicted molar refractivity (Wildman–Crippen MR) is 140 cm³/mol. The maximum absolute atomic E-state index is 11.3. The molecule has 37 heavy (non-hydrogen) atoms. The van der Waals surface area contributed by atoms with Gasteiger partial charge in [0.05, 0.1) is 19.8 Å². The molecular weight excluding hydrogens is 547 g/mol. The minimum atomic E-state index is -2.13. The van der Waals surface area contributed by atoms with Crippen molar-refractivity contribution in [3.8, 4) is 0 Å². The first-order chi connectivity index (χ1) is 17.7. The van der Waals surface area contributed by atoms with Crippen LogP contribution in [0.4, 0.5) is 0 Å². The van der Waals surface area contributed by atoms with Crippen LogP contribution in [0.25, 0.3) is 0 Å². The second kappa shape index (κ2) is 14.6. The van der Waals surface area contributed by atoms with Gasteiger partial charge in [0.2, 0.25) is 18.6 Å². The summed E-state index contributed by atoms with van der Waals surface area (Å²) in [5.74, 6) is -0.664. The van der Waals surface area contributed by atoms with Crippen molar-refractivity contribution in [2.75, 3.05) is 20.8 Å². The molecule has 0 bridgehead atoms. The summed E-state index contributed by atoms with van der Waals surface area (Å²) >= 11 is 17.6. The average molecular weight is 578 g/mol. The van der Waals surface area contributed by atoms with Crippen molar-refractivity contribution in [3.63, 3.8) is 0 Å². The Morgan fingerprint density at radius 1 is 1.00 bits per heavy atom. The first-order valence-corrected chi connectivity index (χ1v) is 12.6. The quantitative estimate of drug-likeness (QED) is 0.151. The van der Waals surface area contributed by atoms with E-state index in [4.69, 9.17) is 68.6 Å². The van der Waals surface area contributed by atoms with E-state index in [1.54, 1.807) is 0 Å². The summed E-state index contributed by atoms with van der Waals surface area (Å²) in [6.45, 7) is 0.486. The first-order valence-electron chi connectivity index (χ1n) is 11.5. The molecule has 0 aliphatic carbocycles. The molecule has 1 fully saturated rings. The van der Waals surface area contributed by atoms with Crippen LogP contribution in [0.3, 0.4) is 0 Å². The number of benzene rings is 2. The summed E-state index contributed by atoms with van der Waals surface area (Å²) in [6, 6.07) is 18.1. The Bertz CT molecular complexity index is 948. The van der Waals surface area contributed by atoms with Crippen molar-refractivity contribution in [2.24, 2.45) is 0 Å². The fourth-order valence-corrected chi connectivity index (χ4v) is 3.87. The second-order valence-corrected chi connectivity index (χ2v) is 10.5. The molecule has 0 spiro atoms. The van der Waals surface area contributed by atoms with E-state index in [9.17, 15) is 5.11 Å². The summed E-state index contributed by atoms with van der Waals surface area (Å²) in [7, 11) is 2.86. The lowest BCUT2D eigenvalue weighted by Gasteiger charge is -2.45. The summed E-state index contributed by atoms with van der Waals surface area (Å²) in [4.78, 5) is 0. The molecule has 0 amide bonds. The summed E-state index contributed by atoms with van der Waals surface area (Å²) < 4.78 is 32.0. The molecular formula is C25H31Cl3N2O7. The Morgan fingerprint density at radius 3 is 2.11 bits per heavy atom. The van der Waals surface area contributed by atoms with Gasteiger partial charge in [0, 0.05) is 14.2 Å². The molecule has 0 saturated carbocycles. The van der Waals surface area contributed by atoms with E-state index in [1.807, 2.05) is 60.7 Å². The van der Waals surface area contributed by atoms with Gasteiger partial charge in [0.15, 0.2) is 0 Å². The van der Waals surface area contributed by atoms with Crippen molar-refractivity contribution in [2.45, 2.75) is 54.1 Å². The van der Waals surface area contributed by atoms with Crippen molar-refractivity contribution in [1.29, 1.82) is 5.41 Å². The normalized spacial score (nSPS) is 24.2. The molecule has 3 N–H and O–H groups in total. The minimum absolute atomic E-state index is 0.00687. The first kappa shape index (κ1) is 30.0. The van der Waals surface area contributed by atoms with E-state index in [2.05, 4.69) is 5.32 Å². The highest BCUT2D eigenvalue weighted by atomic mass is 35.6. The molecule has 12 heteroatoms. The van der Waals surface area contributed by atoms with Crippen LogP contribution in [0.2, 0.25) is 0 Å². The molecule has 0 unspecified atom stereocenters. The van der Waals surface area contributed by atoms with Gasteiger partial charge in [-0.2, -0.15) is 0 Å². The molecule has 5 atom stereocenters. The average Bonchev–Trinajstić information content (AvgIpc) is 2.89. The van der Waals surface area contributed by atoms with E-state index in [0.717, 1.165) is 11.1 Å². The fraction of sp³-hybridized carbons (Fsp3) is 0.480. The molecule has 0 aromatic heterocycles. The van der Waals surface area contributed by atoms with Crippen LogP contribution in [0.5, 0.6) is 0 Å². The van der Waals surface area contributed by atoms with Crippen LogP contribution < -0.4 is 5.32 Å². The molecule has 1 heterocycles. The highest BCUT2D eigenvalue weighted by Gasteiger charge is 2.49. The zero-order chi connectivity index (χ0) is 26.8. The molecule has 2 aromatic rings. The topological polar surface area (TPSA) is 111 Å². The monoisotopic (exact) mass is 576 g/mol. The van der Waals surface area contributed by atoms with Crippen LogP contribution >= 0.6 is 34.8 Å². The van der Waals surface area contributed by atoms with Gasteiger partial charge in [-0.05, 0) is 11.1 Å². The minimum Gasteiger partial charge on any atom is -0.446 e.